The molecule has 0 saturated heterocycles. The fourth-order valence-corrected chi connectivity index (χ4v) is 4.01. The fraction of sp³-hybridized carbons (Fsp3) is 0.136. The number of carboxylic acid groups (broad SMARTS) is 1. The highest BCUT2D eigenvalue weighted by molar-refractivity contribution is 7.12. The van der Waals surface area contributed by atoms with Crippen molar-refractivity contribution in [1.82, 2.24) is 0 Å². The van der Waals surface area contributed by atoms with Crippen LogP contribution in [0, 0.1) is 0 Å². The van der Waals surface area contributed by atoms with Gasteiger partial charge in [0.1, 0.15) is 11.5 Å². The summed E-state index contributed by atoms with van der Waals surface area (Å²) >= 11 is 7.58. The van der Waals surface area contributed by atoms with E-state index < -0.39 is 5.97 Å². The second-order valence-corrected chi connectivity index (χ2v) is 7.33. The topological polar surface area (TPSA) is 65.0 Å². The lowest BCUT2D eigenvalue weighted by molar-refractivity contribution is -0.131. The maximum Gasteiger partial charge on any atom is 0.328 e. The van der Waals surface area contributed by atoms with Crippen LogP contribution in [-0.2, 0) is 9.53 Å². The highest BCUT2D eigenvalue weighted by atomic mass is 35.5. The number of hydrogen-bond donors (Lipinski definition) is 1. The lowest BCUT2D eigenvalue weighted by atomic mass is 9.96. The van der Waals surface area contributed by atoms with Gasteiger partial charge in [0.05, 0.1) is 7.11 Å². The number of thiophene rings is 1. The number of methoxy groups -OCH3 is 2. The van der Waals surface area contributed by atoms with E-state index in [1.54, 1.807) is 32.4 Å². The molecule has 3 rings (SSSR count). The zero-order valence-corrected chi connectivity index (χ0v) is 17.4. The molecule has 0 fully saturated rings. The molecule has 0 aliphatic heterocycles. The first-order valence-electron chi connectivity index (χ1n) is 8.62. The average molecular weight is 431 g/mol. The highest BCUT2D eigenvalue weighted by Gasteiger charge is 2.18. The number of ether oxygens (including phenoxy) is 3. The molecular formula is C22H19ClO5S. The maximum atomic E-state index is 11.0. The van der Waals surface area contributed by atoms with Crippen molar-refractivity contribution in [2.75, 3.05) is 21.0 Å². The number of halogens is 1. The van der Waals surface area contributed by atoms with Crippen molar-refractivity contribution >= 4 is 35.0 Å². The maximum absolute atomic E-state index is 11.0. The lowest BCUT2D eigenvalue weighted by Gasteiger charge is -2.12. The number of rotatable bonds is 8. The van der Waals surface area contributed by atoms with E-state index >= 15 is 0 Å². The Labute approximate surface area is 177 Å². The third-order valence-electron chi connectivity index (χ3n) is 4.14. The van der Waals surface area contributed by atoms with Crippen LogP contribution < -0.4 is 9.47 Å². The monoisotopic (exact) mass is 430 g/mol. The van der Waals surface area contributed by atoms with Gasteiger partial charge >= 0.3 is 5.97 Å². The van der Waals surface area contributed by atoms with Crippen LogP contribution >= 0.6 is 22.9 Å². The molecule has 1 aromatic heterocycles. The van der Waals surface area contributed by atoms with E-state index in [9.17, 15) is 4.79 Å². The van der Waals surface area contributed by atoms with Crippen LogP contribution in [0.15, 0.2) is 53.9 Å². The Kier molecular flexibility index (Phi) is 6.93. The van der Waals surface area contributed by atoms with Gasteiger partial charge < -0.3 is 19.3 Å². The molecule has 1 heterocycles. The predicted molar refractivity (Wildman–Crippen MR) is 116 cm³/mol. The van der Waals surface area contributed by atoms with Crippen LogP contribution in [0.5, 0.6) is 11.5 Å². The van der Waals surface area contributed by atoms with Gasteiger partial charge in [-0.1, -0.05) is 23.7 Å². The third-order valence-corrected chi connectivity index (χ3v) is 5.32. The Hall–Kier alpha value is -2.80. The Morgan fingerprint density at radius 1 is 1.14 bits per heavy atom. The molecule has 0 aliphatic carbocycles. The molecule has 0 spiro atoms. The summed E-state index contributed by atoms with van der Waals surface area (Å²) in [7, 11) is 3.15. The molecule has 0 amide bonds. The Morgan fingerprint density at radius 2 is 1.90 bits per heavy atom. The summed E-state index contributed by atoms with van der Waals surface area (Å²) in [4.78, 5) is 11.8. The van der Waals surface area contributed by atoms with Gasteiger partial charge in [-0.2, -0.15) is 0 Å². The van der Waals surface area contributed by atoms with E-state index in [0.717, 1.165) is 33.2 Å². The smallest absolute Gasteiger partial charge is 0.328 e. The van der Waals surface area contributed by atoms with Crippen molar-refractivity contribution in [1.29, 1.82) is 0 Å². The summed E-state index contributed by atoms with van der Waals surface area (Å²) in [6.45, 7) is 0.176. The minimum atomic E-state index is -1.01. The summed E-state index contributed by atoms with van der Waals surface area (Å²) in [5.41, 5.74) is 3.64. The van der Waals surface area contributed by atoms with E-state index in [-0.39, 0.29) is 6.79 Å². The van der Waals surface area contributed by atoms with Gasteiger partial charge in [-0.3, -0.25) is 0 Å². The van der Waals surface area contributed by atoms with Crippen LogP contribution in [-0.4, -0.2) is 32.1 Å². The molecule has 29 heavy (non-hydrogen) atoms. The van der Waals surface area contributed by atoms with Gasteiger partial charge in [0.2, 0.25) is 0 Å². The quantitative estimate of drug-likeness (QED) is 0.360. The molecule has 5 nitrogen and oxygen atoms in total. The van der Waals surface area contributed by atoms with Crippen LogP contribution in [0.2, 0.25) is 5.02 Å². The van der Waals surface area contributed by atoms with Crippen molar-refractivity contribution in [3.63, 3.8) is 0 Å². The van der Waals surface area contributed by atoms with Crippen LogP contribution in [0.4, 0.5) is 0 Å². The van der Waals surface area contributed by atoms with E-state index in [2.05, 4.69) is 0 Å². The Balaban J connectivity index is 2.12. The molecule has 7 heteroatoms. The molecule has 0 atom stereocenters. The van der Waals surface area contributed by atoms with Gasteiger partial charge in [0, 0.05) is 39.8 Å². The average Bonchev–Trinajstić information content (AvgIpc) is 3.14. The first-order valence-corrected chi connectivity index (χ1v) is 9.88. The molecule has 150 valence electrons. The molecule has 2 aromatic carbocycles. The second-order valence-electron chi connectivity index (χ2n) is 5.98. The normalized spacial score (nSPS) is 11.0. The van der Waals surface area contributed by atoms with Crippen molar-refractivity contribution in [3.8, 4) is 33.8 Å². The molecule has 3 aromatic rings. The summed E-state index contributed by atoms with van der Waals surface area (Å²) in [5, 5.41) is 11.6. The molecule has 1 N–H and O–H groups in total. The summed E-state index contributed by atoms with van der Waals surface area (Å²) in [6.07, 6.45) is 2.72. The fourth-order valence-electron chi connectivity index (χ4n) is 2.86. The third kappa shape index (κ3) is 4.98. The van der Waals surface area contributed by atoms with Gasteiger partial charge in [-0.15, -0.1) is 11.3 Å². The van der Waals surface area contributed by atoms with Crippen LogP contribution in [0.1, 0.15) is 4.88 Å². The Morgan fingerprint density at radius 3 is 2.55 bits per heavy atom. The number of carboxylic acids is 1. The van der Waals surface area contributed by atoms with Gasteiger partial charge in [0.15, 0.2) is 6.79 Å². The second kappa shape index (κ2) is 9.60. The Bertz CT molecular complexity index is 1020. The highest BCUT2D eigenvalue weighted by Crippen LogP contribution is 2.44. The first kappa shape index (κ1) is 20.9. The van der Waals surface area contributed by atoms with Crippen molar-refractivity contribution in [3.05, 3.63) is 63.8 Å². The zero-order valence-electron chi connectivity index (χ0n) is 15.8. The van der Waals surface area contributed by atoms with Gasteiger partial charge in [-0.05, 0) is 47.4 Å². The minimum absolute atomic E-state index is 0.176. The SMILES string of the molecule is COCOc1ccc(-c2csc(/C=C/C(=O)O)c2-c2ccc(Cl)cc2OC)cc1. The number of carbonyl (C=O) groups is 1. The predicted octanol–water partition coefficient (Wildman–Crippen LogP) is 5.82. The van der Waals surface area contributed by atoms with E-state index in [1.165, 1.54) is 11.3 Å². The van der Waals surface area contributed by atoms with E-state index in [4.69, 9.17) is 30.9 Å². The number of aliphatic carboxylic acids is 1. The molecule has 0 unspecified atom stereocenters. The summed E-state index contributed by atoms with van der Waals surface area (Å²) in [5.74, 6) is 0.304. The molecule has 0 saturated carbocycles. The van der Waals surface area contributed by atoms with Crippen molar-refractivity contribution in [2.45, 2.75) is 0 Å². The van der Waals surface area contributed by atoms with Crippen LogP contribution in [0.3, 0.4) is 0 Å². The minimum Gasteiger partial charge on any atom is -0.496 e. The first-order chi connectivity index (χ1) is 14.0. The molecule has 0 aliphatic rings. The van der Waals surface area contributed by atoms with Crippen LogP contribution in [0.25, 0.3) is 28.3 Å². The summed E-state index contributed by atoms with van der Waals surface area (Å²) in [6, 6.07) is 13.0. The van der Waals surface area contributed by atoms with E-state index in [0.29, 0.717) is 16.5 Å². The van der Waals surface area contributed by atoms with Gasteiger partial charge in [-0.25, -0.2) is 4.79 Å². The number of hydrogen-bond acceptors (Lipinski definition) is 5. The standard InChI is InChI=1S/C22H19ClO5S/c1-26-13-28-16-6-3-14(4-7-16)18-12-29-20(9-10-21(24)25)22(18)17-8-5-15(23)11-19(17)27-2/h3-12H,13H2,1-2H3,(H,24,25)/b10-9+. The molecule has 0 bridgehead atoms. The summed E-state index contributed by atoms with van der Waals surface area (Å²) < 4.78 is 15.9. The zero-order chi connectivity index (χ0) is 20.8. The number of benzene rings is 2. The largest absolute Gasteiger partial charge is 0.496 e. The lowest BCUT2D eigenvalue weighted by Crippen LogP contribution is -1.98. The van der Waals surface area contributed by atoms with Crippen molar-refractivity contribution in [2.24, 2.45) is 0 Å². The van der Waals surface area contributed by atoms with Crippen molar-refractivity contribution < 1.29 is 24.1 Å². The molecular weight excluding hydrogens is 412 g/mol. The van der Waals surface area contributed by atoms with E-state index in [1.807, 2.05) is 35.7 Å². The van der Waals surface area contributed by atoms with Gasteiger partial charge in [0.25, 0.3) is 0 Å². The molecule has 0 radical (unpaired) electrons.